The Morgan fingerprint density at radius 2 is 1.96 bits per heavy atom. The third-order valence-electron chi connectivity index (χ3n) is 4.07. The molecule has 0 radical (unpaired) electrons. The molecule has 2 aromatic carbocycles. The van der Waals surface area contributed by atoms with E-state index in [0.29, 0.717) is 5.82 Å². The number of anilines is 2. The van der Waals surface area contributed by atoms with Crippen molar-refractivity contribution in [1.29, 1.82) is 0 Å². The van der Waals surface area contributed by atoms with Gasteiger partial charge in [0.1, 0.15) is 5.75 Å². The molecule has 0 atom stereocenters. The fourth-order valence-electron chi connectivity index (χ4n) is 2.77. The summed E-state index contributed by atoms with van der Waals surface area (Å²) < 4.78 is 7.02. The first kappa shape index (κ1) is 16.1. The van der Waals surface area contributed by atoms with Gasteiger partial charge in [0.2, 0.25) is 0 Å². The molecule has 2 N–H and O–H groups in total. The Morgan fingerprint density at radius 3 is 2.81 bits per heavy atom. The van der Waals surface area contributed by atoms with Crippen LogP contribution in [0.5, 0.6) is 5.75 Å². The van der Waals surface area contributed by atoms with Crippen LogP contribution in [0.3, 0.4) is 0 Å². The Morgan fingerprint density at radius 1 is 1.08 bits per heavy atom. The van der Waals surface area contributed by atoms with E-state index < -0.39 is 0 Å². The minimum Gasteiger partial charge on any atom is -0.497 e. The fraction of sp³-hybridized carbons (Fsp3) is 0.100. The van der Waals surface area contributed by atoms with Crippen LogP contribution in [0.1, 0.15) is 5.56 Å². The van der Waals surface area contributed by atoms with E-state index in [2.05, 4.69) is 15.4 Å². The van der Waals surface area contributed by atoms with E-state index in [1.54, 1.807) is 11.6 Å². The number of aromatic nitrogens is 3. The number of nitrogens with zero attached hydrogens (tertiary/aromatic N) is 3. The number of hydrogen-bond donors (Lipinski definition) is 2. The van der Waals surface area contributed by atoms with Crippen LogP contribution in [0.15, 0.2) is 66.9 Å². The van der Waals surface area contributed by atoms with Crippen LogP contribution in [0.2, 0.25) is 0 Å². The van der Waals surface area contributed by atoms with Crippen LogP contribution in [-0.2, 0) is 6.61 Å². The van der Waals surface area contributed by atoms with E-state index in [0.717, 1.165) is 33.9 Å². The van der Waals surface area contributed by atoms with E-state index in [1.807, 2.05) is 66.9 Å². The zero-order chi connectivity index (χ0) is 17.9. The fourth-order valence-corrected chi connectivity index (χ4v) is 2.77. The van der Waals surface area contributed by atoms with Crippen molar-refractivity contribution in [3.63, 3.8) is 0 Å². The summed E-state index contributed by atoms with van der Waals surface area (Å²) in [7, 11) is 1.65. The molecule has 0 bridgehead atoms. The number of methoxy groups -OCH3 is 1. The van der Waals surface area contributed by atoms with E-state index >= 15 is 0 Å². The van der Waals surface area contributed by atoms with Gasteiger partial charge in [-0.1, -0.05) is 24.3 Å². The normalized spacial score (nSPS) is 10.8. The van der Waals surface area contributed by atoms with Gasteiger partial charge in [-0.2, -0.15) is 5.10 Å². The second kappa shape index (κ2) is 6.85. The summed E-state index contributed by atoms with van der Waals surface area (Å²) >= 11 is 0. The highest BCUT2D eigenvalue weighted by Crippen LogP contribution is 2.23. The van der Waals surface area contributed by atoms with E-state index in [4.69, 9.17) is 4.74 Å². The largest absolute Gasteiger partial charge is 0.497 e. The lowest BCUT2D eigenvalue weighted by molar-refractivity contribution is 0.282. The highest BCUT2D eigenvalue weighted by atomic mass is 16.5. The van der Waals surface area contributed by atoms with Crippen molar-refractivity contribution >= 4 is 17.2 Å². The molecule has 0 aliphatic heterocycles. The monoisotopic (exact) mass is 346 g/mol. The van der Waals surface area contributed by atoms with Crippen molar-refractivity contribution in [1.82, 2.24) is 14.6 Å². The van der Waals surface area contributed by atoms with Gasteiger partial charge in [0, 0.05) is 11.3 Å². The van der Waals surface area contributed by atoms with Crippen LogP contribution >= 0.6 is 0 Å². The first-order valence-electron chi connectivity index (χ1n) is 8.23. The van der Waals surface area contributed by atoms with Gasteiger partial charge in [-0.3, -0.25) is 0 Å². The smallest absolute Gasteiger partial charge is 0.156 e. The molecule has 0 aliphatic carbocycles. The highest BCUT2D eigenvalue weighted by molar-refractivity contribution is 5.64. The zero-order valence-corrected chi connectivity index (χ0v) is 14.3. The number of aliphatic hydroxyl groups is 1. The molecular formula is C20H18N4O2. The molecule has 2 heterocycles. The number of hydrogen-bond acceptors (Lipinski definition) is 5. The van der Waals surface area contributed by atoms with Crippen molar-refractivity contribution in [2.24, 2.45) is 0 Å². The number of fused-ring (bicyclic) bond motifs is 1. The molecule has 0 saturated carbocycles. The van der Waals surface area contributed by atoms with Crippen LogP contribution in [0, 0.1) is 0 Å². The average molecular weight is 346 g/mol. The van der Waals surface area contributed by atoms with Gasteiger partial charge in [-0.05, 0) is 42.0 Å². The Labute approximate surface area is 150 Å². The number of ether oxygens (including phenoxy) is 1. The molecule has 0 amide bonds. The molecule has 0 unspecified atom stereocenters. The average Bonchev–Trinajstić information content (AvgIpc) is 3.09. The van der Waals surface area contributed by atoms with Gasteiger partial charge in [0.15, 0.2) is 11.5 Å². The van der Waals surface area contributed by atoms with Crippen LogP contribution in [-0.4, -0.2) is 26.8 Å². The van der Waals surface area contributed by atoms with Gasteiger partial charge < -0.3 is 15.2 Å². The standard InChI is InChI=1S/C20H18N4O2/c1-26-17-7-3-5-15(11-17)18-8-9-20-22-19(12-24(20)23-18)21-16-6-2-4-14(10-16)13-25/h2-12,21,25H,13H2,1H3. The molecule has 4 aromatic rings. The van der Waals surface area contributed by atoms with Crippen LogP contribution < -0.4 is 10.1 Å². The number of benzene rings is 2. The number of imidazole rings is 1. The van der Waals surface area contributed by atoms with Crippen LogP contribution in [0.25, 0.3) is 16.9 Å². The molecule has 6 nitrogen and oxygen atoms in total. The number of aliphatic hydroxyl groups excluding tert-OH is 1. The molecule has 0 aliphatic rings. The van der Waals surface area contributed by atoms with Crippen LogP contribution in [0.4, 0.5) is 11.5 Å². The molecule has 130 valence electrons. The predicted molar refractivity (Wildman–Crippen MR) is 101 cm³/mol. The first-order chi connectivity index (χ1) is 12.7. The van der Waals surface area contributed by atoms with Crippen molar-refractivity contribution < 1.29 is 9.84 Å². The molecule has 26 heavy (non-hydrogen) atoms. The van der Waals surface area contributed by atoms with E-state index in [-0.39, 0.29) is 6.61 Å². The second-order valence-corrected chi connectivity index (χ2v) is 5.86. The summed E-state index contributed by atoms with van der Waals surface area (Å²) in [5, 5.41) is 17.1. The third-order valence-corrected chi connectivity index (χ3v) is 4.07. The summed E-state index contributed by atoms with van der Waals surface area (Å²) in [4.78, 5) is 4.53. The van der Waals surface area contributed by atoms with E-state index in [1.165, 1.54) is 0 Å². The summed E-state index contributed by atoms with van der Waals surface area (Å²) in [6.45, 7) is 0.00609. The van der Waals surface area contributed by atoms with Gasteiger partial charge in [0.25, 0.3) is 0 Å². The summed E-state index contributed by atoms with van der Waals surface area (Å²) in [5.41, 5.74) is 4.27. The second-order valence-electron chi connectivity index (χ2n) is 5.86. The zero-order valence-electron chi connectivity index (χ0n) is 14.3. The molecule has 6 heteroatoms. The van der Waals surface area contributed by atoms with Gasteiger partial charge in [-0.25, -0.2) is 9.50 Å². The highest BCUT2D eigenvalue weighted by Gasteiger charge is 2.07. The summed E-state index contributed by atoms with van der Waals surface area (Å²) in [6, 6.07) is 19.2. The Bertz CT molecular complexity index is 1060. The first-order valence-corrected chi connectivity index (χ1v) is 8.23. The third kappa shape index (κ3) is 3.22. The minimum atomic E-state index is 0.00609. The maximum absolute atomic E-state index is 9.25. The van der Waals surface area contributed by atoms with Crippen molar-refractivity contribution in [3.05, 3.63) is 72.4 Å². The number of rotatable bonds is 5. The molecule has 0 saturated heterocycles. The topological polar surface area (TPSA) is 71.7 Å². The lowest BCUT2D eigenvalue weighted by Gasteiger charge is -2.04. The summed E-state index contributed by atoms with van der Waals surface area (Å²) in [6.07, 6.45) is 1.84. The maximum atomic E-state index is 9.25. The molecule has 0 fully saturated rings. The van der Waals surface area contributed by atoms with Gasteiger partial charge >= 0.3 is 0 Å². The van der Waals surface area contributed by atoms with Crippen molar-refractivity contribution in [2.75, 3.05) is 12.4 Å². The van der Waals surface area contributed by atoms with Gasteiger partial charge in [-0.15, -0.1) is 0 Å². The lowest BCUT2D eigenvalue weighted by atomic mass is 10.1. The Hall–Kier alpha value is -3.38. The minimum absolute atomic E-state index is 0.00609. The Kier molecular flexibility index (Phi) is 4.25. The predicted octanol–water partition coefficient (Wildman–Crippen LogP) is 3.64. The van der Waals surface area contributed by atoms with Crippen molar-refractivity contribution in [2.45, 2.75) is 6.61 Å². The Balaban J connectivity index is 1.65. The number of nitrogens with one attached hydrogen (secondary N) is 1. The summed E-state index contributed by atoms with van der Waals surface area (Å²) in [5.74, 6) is 1.48. The maximum Gasteiger partial charge on any atom is 0.156 e. The van der Waals surface area contributed by atoms with Crippen molar-refractivity contribution in [3.8, 4) is 17.0 Å². The van der Waals surface area contributed by atoms with E-state index in [9.17, 15) is 5.11 Å². The molecular weight excluding hydrogens is 328 g/mol. The molecule has 4 rings (SSSR count). The molecule has 0 spiro atoms. The quantitative estimate of drug-likeness (QED) is 0.577. The van der Waals surface area contributed by atoms with Gasteiger partial charge in [0.05, 0.1) is 25.6 Å². The molecule has 2 aromatic heterocycles. The SMILES string of the molecule is COc1cccc(-c2ccc3nc(Nc4cccc(CO)c4)cn3n2)c1. The lowest BCUT2D eigenvalue weighted by Crippen LogP contribution is -1.93.